The van der Waals surface area contributed by atoms with E-state index in [1.807, 2.05) is 0 Å². The van der Waals surface area contributed by atoms with Gasteiger partial charge < -0.3 is 5.32 Å². The summed E-state index contributed by atoms with van der Waals surface area (Å²) in [5.74, 6) is 1.51. The van der Waals surface area contributed by atoms with Crippen molar-refractivity contribution in [3.63, 3.8) is 0 Å². The van der Waals surface area contributed by atoms with Gasteiger partial charge in [0, 0.05) is 6.04 Å². The van der Waals surface area contributed by atoms with Crippen molar-refractivity contribution in [1.82, 2.24) is 5.32 Å². The van der Waals surface area contributed by atoms with Gasteiger partial charge in [0.05, 0.1) is 0 Å². The highest BCUT2D eigenvalue weighted by Crippen LogP contribution is 2.19. The van der Waals surface area contributed by atoms with E-state index < -0.39 is 0 Å². The van der Waals surface area contributed by atoms with Gasteiger partial charge in [0.15, 0.2) is 0 Å². The van der Waals surface area contributed by atoms with Crippen LogP contribution in [0.1, 0.15) is 50.8 Å². The topological polar surface area (TPSA) is 12.0 Å². The lowest BCUT2D eigenvalue weighted by Crippen LogP contribution is -2.30. The van der Waals surface area contributed by atoms with Crippen LogP contribution in [0.5, 0.6) is 0 Å². The third-order valence-corrected chi connectivity index (χ3v) is 3.43. The van der Waals surface area contributed by atoms with Crippen molar-refractivity contribution < 1.29 is 0 Å². The Bertz CT molecular complexity index is 359. The van der Waals surface area contributed by atoms with Crippen molar-refractivity contribution in [2.45, 2.75) is 60.4 Å². The van der Waals surface area contributed by atoms with Crippen LogP contribution in [0.3, 0.4) is 0 Å². The zero-order valence-electron chi connectivity index (χ0n) is 13.6. The molecule has 0 fully saturated rings. The fourth-order valence-corrected chi connectivity index (χ4v) is 2.83. The molecule has 0 saturated heterocycles. The molecule has 0 bridgehead atoms. The smallest absolute Gasteiger partial charge is 0.00104 e. The van der Waals surface area contributed by atoms with Crippen molar-refractivity contribution >= 4 is 0 Å². The standard InChI is InChI=1S/C18H31N/c1-13(2)7-18(12-19-14(3)4)11-17-9-15(5)8-16(6)10-17/h8-10,13-14,18-19H,7,11-12H2,1-6H3. The number of aryl methyl sites for hydroxylation is 2. The summed E-state index contributed by atoms with van der Waals surface area (Å²) in [6, 6.07) is 7.52. The minimum Gasteiger partial charge on any atom is -0.314 e. The van der Waals surface area contributed by atoms with Gasteiger partial charge in [-0.3, -0.25) is 0 Å². The molecular weight excluding hydrogens is 230 g/mol. The van der Waals surface area contributed by atoms with Crippen molar-refractivity contribution in [3.8, 4) is 0 Å². The van der Waals surface area contributed by atoms with Crippen LogP contribution in [-0.2, 0) is 6.42 Å². The zero-order valence-corrected chi connectivity index (χ0v) is 13.6. The summed E-state index contributed by atoms with van der Waals surface area (Å²) in [7, 11) is 0. The lowest BCUT2D eigenvalue weighted by Gasteiger charge is -2.21. The van der Waals surface area contributed by atoms with Crippen LogP contribution in [0.2, 0.25) is 0 Å². The second kappa shape index (κ2) is 7.69. The van der Waals surface area contributed by atoms with Gasteiger partial charge in [-0.2, -0.15) is 0 Å². The number of hydrogen-bond acceptors (Lipinski definition) is 1. The van der Waals surface area contributed by atoms with E-state index in [4.69, 9.17) is 0 Å². The van der Waals surface area contributed by atoms with E-state index in [0.29, 0.717) is 6.04 Å². The molecule has 108 valence electrons. The highest BCUT2D eigenvalue weighted by molar-refractivity contribution is 5.28. The van der Waals surface area contributed by atoms with Crippen LogP contribution in [-0.4, -0.2) is 12.6 Å². The maximum Gasteiger partial charge on any atom is 0.00104 e. The molecule has 0 amide bonds. The van der Waals surface area contributed by atoms with Crippen LogP contribution < -0.4 is 5.32 Å². The molecule has 0 aliphatic heterocycles. The van der Waals surface area contributed by atoms with Gasteiger partial charge in [-0.15, -0.1) is 0 Å². The first-order chi connectivity index (χ1) is 8.86. The highest BCUT2D eigenvalue weighted by atomic mass is 14.9. The molecule has 1 atom stereocenters. The average molecular weight is 261 g/mol. The Balaban J connectivity index is 2.69. The summed E-state index contributed by atoms with van der Waals surface area (Å²) >= 11 is 0. The summed E-state index contributed by atoms with van der Waals surface area (Å²) in [4.78, 5) is 0. The number of benzene rings is 1. The fourth-order valence-electron chi connectivity index (χ4n) is 2.83. The molecule has 1 heteroatoms. The first kappa shape index (κ1) is 16.2. The van der Waals surface area contributed by atoms with Crippen molar-refractivity contribution in [2.24, 2.45) is 11.8 Å². The monoisotopic (exact) mass is 261 g/mol. The van der Waals surface area contributed by atoms with E-state index in [9.17, 15) is 0 Å². The molecule has 0 aliphatic rings. The predicted octanol–water partition coefficient (Wildman–Crippen LogP) is 4.51. The van der Waals surface area contributed by atoms with Crippen LogP contribution in [0.25, 0.3) is 0 Å². The summed E-state index contributed by atoms with van der Waals surface area (Å²) in [6.07, 6.45) is 2.49. The molecule has 0 spiro atoms. The lowest BCUT2D eigenvalue weighted by atomic mass is 9.89. The fraction of sp³-hybridized carbons (Fsp3) is 0.667. The molecule has 1 unspecified atom stereocenters. The van der Waals surface area contributed by atoms with Gasteiger partial charge in [-0.25, -0.2) is 0 Å². The molecule has 0 aromatic heterocycles. The Morgan fingerprint density at radius 3 is 2.00 bits per heavy atom. The minimum atomic E-state index is 0.578. The molecule has 0 heterocycles. The molecule has 1 aromatic rings. The van der Waals surface area contributed by atoms with Crippen LogP contribution >= 0.6 is 0 Å². The Morgan fingerprint density at radius 1 is 0.947 bits per heavy atom. The largest absolute Gasteiger partial charge is 0.314 e. The molecule has 0 aliphatic carbocycles. The first-order valence-corrected chi connectivity index (χ1v) is 7.67. The minimum absolute atomic E-state index is 0.578. The predicted molar refractivity (Wildman–Crippen MR) is 85.7 cm³/mol. The molecule has 19 heavy (non-hydrogen) atoms. The van der Waals surface area contributed by atoms with Gasteiger partial charge in [-0.1, -0.05) is 57.0 Å². The van der Waals surface area contributed by atoms with Gasteiger partial charge in [0.2, 0.25) is 0 Å². The van der Waals surface area contributed by atoms with E-state index in [1.165, 1.54) is 29.5 Å². The van der Waals surface area contributed by atoms with Crippen LogP contribution in [0.4, 0.5) is 0 Å². The van der Waals surface area contributed by atoms with Crippen molar-refractivity contribution in [1.29, 1.82) is 0 Å². The Labute approximate surface area is 119 Å². The molecule has 0 saturated carbocycles. The number of hydrogen-bond donors (Lipinski definition) is 1. The number of rotatable bonds is 7. The normalized spacial score (nSPS) is 13.3. The average Bonchev–Trinajstić information content (AvgIpc) is 2.23. The van der Waals surface area contributed by atoms with Gasteiger partial charge >= 0.3 is 0 Å². The third kappa shape index (κ3) is 6.77. The summed E-state index contributed by atoms with van der Waals surface area (Å²) in [6.45, 7) is 14.6. The van der Waals surface area contributed by atoms with Crippen molar-refractivity contribution in [2.75, 3.05) is 6.54 Å². The second-order valence-electron chi connectivity index (χ2n) is 6.76. The highest BCUT2D eigenvalue weighted by Gasteiger charge is 2.12. The second-order valence-corrected chi connectivity index (χ2v) is 6.76. The van der Waals surface area contributed by atoms with E-state index in [0.717, 1.165) is 18.4 Å². The summed E-state index contributed by atoms with van der Waals surface area (Å²) in [5, 5.41) is 3.60. The quantitative estimate of drug-likeness (QED) is 0.761. The Morgan fingerprint density at radius 2 is 1.53 bits per heavy atom. The van der Waals surface area contributed by atoms with E-state index in [1.54, 1.807) is 0 Å². The van der Waals surface area contributed by atoms with Crippen LogP contribution in [0, 0.1) is 25.7 Å². The molecular formula is C18H31N. The van der Waals surface area contributed by atoms with E-state index >= 15 is 0 Å². The van der Waals surface area contributed by atoms with Crippen LogP contribution in [0.15, 0.2) is 18.2 Å². The zero-order chi connectivity index (χ0) is 14.4. The molecule has 0 radical (unpaired) electrons. The van der Waals surface area contributed by atoms with Gasteiger partial charge in [-0.05, 0) is 50.6 Å². The molecule has 1 nitrogen and oxygen atoms in total. The lowest BCUT2D eigenvalue weighted by molar-refractivity contribution is 0.373. The first-order valence-electron chi connectivity index (χ1n) is 7.67. The molecule has 1 rings (SSSR count). The van der Waals surface area contributed by atoms with E-state index in [-0.39, 0.29) is 0 Å². The maximum absolute atomic E-state index is 3.60. The Hall–Kier alpha value is -0.820. The van der Waals surface area contributed by atoms with Gasteiger partial charge in [0.25, 0.3) is 0 Å². The number of nitrogens with one attached hydrogen (secondary N) is 1. The maximum atomic E-state index is 3.60. The van der Waals surface area contributed by atoms with Crippen molar-refractivity contribution in [3.05, 3.63) is 34.9 Å². The molecule has 1 N–H and O–H groups in total. The van der Waals surface area contributed by atoms with Gasteiger partial charge in [0.1, 0.15) is 0 Å². The Kier molecular flexibility index (Phi) is 6.57. The SMILES string of the molecule is Cc1cc(C)cc(CC(CNC(C)C)CC(C)C)c1. The van der Waals surface area contributed by atoms with E-state index in [2.05, 4.69) is 65.1 Å². The third-order valence-electron chi connectivity index (χ3n) is 3.43. The molecule has 1 aromatic carbocycles. The summed E-state index contributed by atoms with van der Waals surface area (Å²) < 4.78 is 0. The summed E-state index contributed by atoms with van der Waals surface area (Å²) in [5.41, 5.74) is 4.26.